The SMILES string of the molecule is CC(C)Cc1ccc2n[nH]nc2c1.CCCc1ccc2n[nH]nc2c1. The zero-order valence-electron chi connectivity index (χ0n) is 15.0. The second-order valence-electron chi connectivity index (χ2n) is 6.64. The van der Waals surface area contributed by atoms with Gasteiger partial charge in [0.25, 0.3) is 0 Å². The highest BCUT2D eigenvalue weighted by molar-refractivity contribution is 5.74. The molecule has 0 saturated carbocycles. The number of aryl methyl sites for hydroxylation is 1. The number of H-pyrrole nitrogens is 2. The fourth-order valence-corrected chi connectivity index (χ4v) is 2.81. The summed E-state index contributed by atoms with van der Waals surface area (Å²) in [4.78, 5) is 0. The van der Waals surface area contributed by atoms with Gasteiger partial charge in [0.1, 0.15) is 22.1 Å². The third kappa shape index (κ3) is 4.41. The number of rotatable bonds is 4. The van der Waals surface area contributed by atoms with Crippen molar-refractivity contribution in [2.24, 2.45) is 5.92 Å². The minimum Gasteiger partial charge on any atom is -0.197 e. The molecular weight excluding hydrogens is 312 g/mol. The predicted octanol–water partition coefficient (Wildman–Crippen LogP) is 4.07. The molecule has 0 aliphatic carbocycles. The average molecular weight is 336 g/mol. The van der Waals surface area contributed by atoms with Crippen molar-refractivity contribution in [1.82, 2.24) is 30.8 Å². The lowest BCUT2D eigenvalue weighted by atomic mass is 10.0. The Hall–Kier alpha value is -2.76. The topological polar surface area (TPSA) is 83.1 Å². The molecule has 4 rings (SSSR count). The molecule has 0 unspecified atom stereocenters. The van der Waals surface area contributed by atoms with Crippen LogP contribution in [0.25, 0.3) is 22.1 Å². The molecule has 6 heteroatoms. The molecule has 2 heterocycles. The number of nitrogens with one attached hydrogen (secondary N) is 2. The summed E-state index contributed by atoms with van der Waals surface area (Å²) < 4.78 is 0. The van der Waals surface area contributed by atoms with E-state index in [-0.39, 0.29) is 0 Å². The number of fused-ring (bicyclic) bond motifs is 2. The number of aromatic nitrogens is 6. The minimum atomic E-state index is 0.685. The second kappa shape index (κ2) is 7.88. The molecular formula is C19H24N6. The molecule has 0 aliphatic heterocycles. The van der Waals surface area contributed by atoms with E-state index >= 15 is 0 Å². The lowest BCUT2D eigenvalue weighted by Gasteiger charge is -2.03. The molecule has 0 amide bonds. The lowest BCUT2D eigenvalue weighted by molar-refractivity contribution is 0.647. The first kappa shape index (κ1) is 17.1. The van der Waals surface area contributed by atoms with E-state index in [2.05, 4.69) is 75.9 Å². The van der Waals surface area contributed by atoms with E-state index in [4.69, 9.17) is 0 Å². The van der Waals surface area contributed by atoms with Gasteiger partial charge < -0.3 is 0 Å². The van der Waals surface area contributed by atoms with Crippen molar-refractivity contribution >= 4 is 22.1 Å². The largest absolute Gasteiger partial charge is 0.197 e. The minimum absolute atomic E-state index is 0.685. The summed E-state index contributed by atoms with van der Waals surface area (Å²) in [5.74, 6) is 0.685. The Kier molecular flexibility index (Phi) is 5.38. The Balaban J connectivity index is 0.000000146. The van der Waals surface area contributed by atoms with Gasteiger partial charge in [0.2, 0.25) is 0 Å². The Morgan fingerprint density at radius 2 is 1.28 bits per heavy atom. The zero-order valence-corrected chi connectivity index (χ0v) is 15.0. The van der Waals surface area contributed by atoms with Crippen LogP contribution in [0.4, 0.5) is 0 Å². The quantitative estimate of drug-likeness (QED) is 0.588. The normalized spacial score (nSPS) is 11.0. The summed E-state index contributed by atoms with van der Waals surface area (Å²) in [6, 6.07) is 12.4. The van der Waals surface area contributed by atoms with Crippen LogP contribution in [0.5, 0.6) is 0 Å². The highest BCUT2D eigenvalue weighted by Gasteiger charge is 2.01. The van der Waals surface area contributed by atoms with Crippen molar-refractivity contribution in [1.29, 1.82) is 0 Å². The molecule has 0 bridgehead atoms. The van der Waals surface area contributed by atoms with Crippen LogP contribution < -0.4 is 0 Å². The van der Waals surface area contributed by atoms with E-state index in [1.54, 1.807) is 0 Å². The standard InChI is InChI=1S/C10H13N3.C9H11N3/c1-7(2)5-8-3-4-9-10(6-8)12-13-11-9;1-2-3-7-4-5-8-9(6-7)11-12-10-8/h3-4,6-7H,5H2,1-2H3,(H,11,12,13);4-6H,2-3H2,1H3,(H,10,11,12). The van der Waals surface area contributed by atoms with Crippen LogP contribution in [0.2, 0.25) is 0 Å². The highest BCUT2D eigenvalue weighted by atomic mass is 15.3. The first-order valence-corrected chi connectivity index (χ1v) is 8.74. The van der Waals surface area contributed by atoms with Gasteiger partial charge >= 0.3 is 0 Å². The van der Waals surface area contributed by atoms with E-state index in [0.717, 1.165) is 34.9 Å². The average Bonchev–Trinajstić information content (AvgIpc) is 3.23. The van der Waals surface area contributed by atoms with Crippen molar-refractivity contribution in [2.45, 2.75) is 40.0 Å². The number of benzene rings is 2. The first-order chi connectivity index (χ1) is 12.2. The molecule has 25 heavy (non-hydrogen) atoms. The van der Waals surface area contributed by atoms with E-state index < -0.39 is 0 Å². The Bertz CT molecular complexity index is 937. The maximum absolute atomic E-state index is 4.05. The molecule has 2 aromatic carbocycles. The molecule has 0 atom stereocenters. The predicted molar refractivity (Wildman–Crippen MR) is 100 cm³/mol. The van der Waals surface area contributed by atoms with Gasteiger partial charge in [-0.1, -0.05) is 39.3 Å². The summed E-state index contributed by atoms with van der Waals surface area (Å²) in [6.07, 6.45) is 3.38. The van der Waals surface area contributed by atoms with Gasteiger partial charge in [0, 0.05) is 0 Å². The van der Waals surface area contributed by atoms with Gasteiger partial charge in [-0.25, -0.2) is 0 Å². The van der Waals surface area contributed by atoms with Gasteiger partial charge in [-0.15, -0.1) is 0 Å². The molecule has 0 radical (unpaired) electrons. The monoisotopic (exact) mass is 336 g/mol. The van der Waals surface area contributed by atoms with E-state index in [1.165, 1.54) is 17.5 Å². The molecule has 0 saturated heterocycles. The molecule has 0 fully saturated rings. The van der Waals surface area contributed by atoms with Crippen molar-refractivity contribution in [3.8, 4) is 0 Å². The maximum Gasteiger partial charge on any atom is 0.113 e. The summed E-state index contributed by atoms with van der Waals surface area (Å²) >= 11 is 0. The van der Waals surface area contributed by atoms with E-state index in [1.807, 2.05) is 12.1 Å². The van der Waals surface area contributed by atoms with Crippen molar-refractivity contribution in [2.75, 3.05) is 0 Å². The molecule has 4 aromatic rings. The van der Waals surface area contributed by atoms with Crippen molar-refractivity contribution in [3.05, 3.63) is 47.5 Å². The van der Waals surface area contributed by atoms with Gasteiger partial charge in [0.05, 0.1) is 0 Å². The van der Waals surface area contributed by atoms with Crippen LogP contribution in [0.3, 0.4) is 0 Å². The maximum atomic E-state index is 4.05. The van der Waals surface area contributed by atoms with Gasteiger partial charge in [0.15, 0.2) is 0 Å². The Morgan fingerprint density at radius 1 is 0.760 bits per heavy atom. The highest BCUT2D eigenvalue weighted by Crippen LogP contribution is 2.14. The van der Waals surface area contributed by atoms with Crippen molar-refractivity contribution in [3.63, 3.8) is 0 Å². The number of hydrogen-bond donors (Lipinski definition) is 2. The molecule has 2 aromatic heterocycles. The fourth-order valence-electron chi connectivity index (χ4n) is 2.81. The number of hydrogen-bond acceptors (Lipinski definition) is 4. The third-order valence-electron chi connectivity index (χ3n) is 3.94. The zero-order chi connectivity index (χ0) is 17.6. The molecule has 130 valence electrons. The Morgan fingerprint density at radius 3 is 1.84 bits per heavy atom. The van der Waals surface area contributed by atoms with Crippen LogP contribution in [-0.4, -0.2) is 30.8 Å². The summed E-state index contributed by atoms with van der Waals surface area (Å²) in [5, 5.41) is 21.3. The van der Waals surface area contributed by atoms with Crippen LogP contribution in [0.1, 0.15) is 38.3 Å². The second-order valence-corrected chi connectivity index (χ2v) is 6.64. The Labute approximate surface area is 147 Å². The number of nitrogens with zero attached hydrogens (tertiary/aromatic N) is 4. The summed E-state index contributed by atoms with van der Waals surface area (Å²) in [5.41, 5.74) is 6.46. The molecule has 0 aliphatic rings. The van der Waals surface area contributed by atoms with E-state index in [9.17, 15) is 0 Å². The molecule has 0 spiro atoms. The molecule has 6 nitrogen and oxygen atoms in total. The lowest BCUT2D eigenvalue weighted by Crippen LogP contribution is -1.93. The van der Waals surface area contributed by atoms with Gasteiger partial charge in [-0.3, -0.25) is 0 Å². The number of aromatic amines is 2. The van der Waals surface area contributed by atoms with Crippen LogP contribution in [0.15, 0.2) is 36.4 Å². The summed E-state index contributed by atoms with van der Waals surface area (Å²) in [7, 11) is 0. The van der Waals surface area contributed by atoms with Crippen LogP contribution >= 0.6 is 0 Å². The van der Waals surface area contributed by atoms with Crippen molar-refractivity contribution < 1.29 is 0 Å². The third-order valence-corrected chi connectivity index (χ3v) is 3.94. The van der Waals surface area contributed by atoms with E-state index in [0.29, 0.717) is 5.92 Å². The fraction of sp³-hybridized carbons (Fsp3) is 0.368. The smallest absolute Gasteiger partial charge is 0.113 e. The van der Waals surface area contributed by atoms with Crippen LogP contribution in [0, 0.1) is 5.92 Å². The van der Waals surface area contributed by atoms with Gasteiger partial charge in [-0.05, 0) is 54.2 Å². The van der Waals surface area contributed by atoms with Crippen LogP contribution in [-0.2, 0) is 12.8 Å². The summed E-state index contributed by atoms with van der Waals surface area (Å²) in [6.45, 7) is 6.60. The first-order valence-electron chi connectivity index (χ1n) is 8.74. The van der Waals surface area contributed by atoms with Gasteiger partial charge in [-0.2, -0.15) is 30.8 Å². The molecule has 2 N–H and O–H groups in total.